The van der Waals surface area contributed by atoms with E-state index in [1.807, 2.05) is 6.92 Å². The lowest BCUT2D eigenvalue weighted by atomic mass is 10.4. The second-order valence-electron chi connectivity index (χ2n) is 6.23. The van der Waals surface area contributed by atoms with Gasteiger partial charge in [0, 0.05) is 40.0 Å². The number of carbonyl (C=O) groups is 1. The van der Waals surface area contributed by atoms with Crippen LogP contribution in [0.15, 0.2) is 0 Å². The summed E-state index contributed by atoms with van der Waals surface area (Å²) in [6.45, 7) is 12.3. The summed E-state index contributed by atoms with van der Waals surface area (Å²) in [7, 11) is -1.26. The maximum absolute atomic E-state index is 12.6. The highest BCUT2D eigenvalue weighted by Crippen LogP contribution is 2.23. The zero-order valence-corrected chi connectivity index (χ0v) is 19.4. The van der Waals surface area contributed by atoms with Gasteiger partial charge in [-0.3, -0.25) is 0 Å². The standard InChI is InChI=1S/C17H39NO5Si2/c1-8-15-22-25(20-6,21-7)16-13-14-18(9-2)17(19)23-24(10-3,11-4)12-5/h8-16H2,1-7H3. The predicted molar refractivity (Wildman–Crippen MR) is 106 cm³/mol. The minimum absolute atomic E-state index is 0.170. The first-order chi connectivity index (χ1) is 11.9. The minimum Gasteiger partial charge on any atom is -0.503 e. The maximum Gasteiger partial charge on any atom is 0.500 e. The molecule has 0 saturated heterocycles. The monoisotopic (exact) mass is 393 g/mol. The average molecular weight is 394 g/mol. The van der Waals surface area contributed by atoms with E-state index in [0.717, 1.165) is 31.0 Å². The van der Waals surface area contributed by atoms with Crippen molar-refractivity contribution in [3.63, 3.8) is 0 Å². The molecule has 1 amide bonds. The van der Waals surface area contributed by atoms with Gasteiger partial charge in [0.05, 0.1) is 0 Å². The predicted octanol–water partition coefficient (Wildman–Crippen LogP) is 4.50. The van der Waals surface area contributed by atoms with Crippen LogP contribution in [0.5, 0.6) is 0 Å². The summed E-state index contributed by atoms with van der Waals surface area (Å²) >= 11 is 0. The van der Waals surface area contributed by atoms with Crippen molar-refractivity contribution >= 4 is 23.2 Å². The van der Waals surface area contributed by atoms with Gasteiger partial charge in [-0.1, -0.05) is 27.7 Å². The summed E-state index contributed by atoms with van der Waals surface area (Å²) in [5, 5.41) is 0. The molecule has 0 aliphatic heterocycles. The van der Waals surface area contributed by atoms with Crippen molar-refractivity contribution in [2.75, 3.05) is 33.9 Å². The van der Waals surface area contributed by atoms with Gasteiger partial charge in [0.25, 0.3) is 8.32 Å². The third kappa shape index (κ3) is 7.78. The van der Waals surface area contributed by atoms with E-state index in [1.54, 1.807) is 19.1 Å². The lowest BCUT2D eigenvalue weighted by Gasteiger charge is -2.32. The number of carbonyl (C=O) groups excluding carboxylic acids is 1. The van der Waals surface area contributed by atoms with Gasteiger partial charge >= 0.3 is 14.9 Å². The Kier molecular flexibility index (Phi) is 12.6. The molecule has 0 saturated carbocycles. The van der Waals surface area contributed by atoms with E-state index in [1.165, 1.54) is 0 Å². The first kappa shape index (κ1) is 24.6. The molecule has 150 valence electrons. The summed E-state index contributed by atoms with van der Waals surface area (Å²) in [6.07, 6.45) is 1.53. The van der Waals surface area contributed by atoms with Gasteiger partial charge in [-0.2, -0.15) is 0 Å². The molecular formula is C17H39NO5Si2. The van der Waals surface area contributed by atoms with Gasteiger partial charge in [-0.05, 0) is 37.9 Å². The molecule has 0 N–H and O–H groups in total. The minimum atomic E-state index is -2.62. The number of rotatable bonds is 14. The second-order valence-corrected chi connectivity index (χ2v) is 13.9. The normalized spacial score (nSPS) is 12.3. The van der Waals surface area contributed by atoms with Gasteiger partial charge in [-0.25, -0.2) is 4.79 Å². The Labute approximate surface area is 156 Å². The first-order valence-electron chi connectivity index (χ1n) is 9.64. The molecule has 0 aromatic rings. The van der Waals surface area contributed by atoms with Crippen molar-refractivity contribution in [2.45, 2.75) is 71.6 Å². The van der Waals surface area contributed by atoms with Crippen molar-refractivity contribution in [3.05, 3.63) is 0 Å². The molecule has 0 aromatic carbocycles. The smallest absolute Gasteiger partial charge is 0.500 e. The SMILES string of the molecule is CCCO[Si](CCCN(CC)C(=O)O[Si](CC)(CC)CC)(OC)OC. The first-order valence-corrected chi connectivity index (χ1v) is 14.1. The van der Waals surface area contributed by atoms with Crippen LogP contribution in [0, 0.1) is 0 Å². The molecule has 0 fully saturated rings. The molecule has 0 aliphatic carbocycles. The topological polar surface area (TPSA) is 57.2 Å². The van der Waals surface area contributed by atoms with E-state index < -0.39 is 17.1 Å². The molecule has 0 aromatic heterocycles. The molecule has 0 atom stereocenters. The van der Waals surface area contributed by atoms with Gasteiger partial charge in [0.1, 0.15) is 0 Å². The second kappa shape index (κ2) is 12.9. The van der Waals surface area contributed by atoms with E-state index in [2.05, 4.69) is 27.7 Å². The van der Waals surface area contributed by atoms with Crippen molar-refractivity contribution < 1.29 is 22.5 Å². The number of amides is 1. The van der Waals surface area contributed by atoms with Crippen LogP contribution in [0.25, 0.3) is 0 Å². The maximum atomic E-state index is 12.6. The summed E-state index contributed by atoms with van der Waals surface area (Å²) in [5.41, 5.74) is 0. The number of hydrogen-bond donors (Lipinski definition) is 0. The molecule has 0 heterocycles. The molecule has 0 aliphatic rings. The Bertz CT molecular complexity index is 355. The molecule has 0 unspecified atom stereocenters. The fourth-order valence-electron chi connectivity index (χ4n) is 2.82. The van der Waals surface area contributed by atoms with Crippen LogP contribution in [0.3, 0.4) is 0 Å². The van der Waals surface area contributed by atoms with Crippen LogP contribution >= 0.6 is 0 Å². The number of nitrogens with zero attached hydrogens (tertiary/aromatic N) is 1. The lowest BCUT2D eigenvalue weighted by Crippen LogP contribution is -2.46. The van der Waals surface area contributed by atoms with Crippen molar-refractivity contribution in [3.8, 4) is 0 Å². The summed E-state index contributed by atoms with van der Waals surface area (Å²) in [4.78, 5) is 14.4. The van der Waals surface area contributed by atoms with E-state index in [4.69, 9.17) is 17.7 Å². The fourth-order valence-corrected chi connectivity index (χ4v) is 7.31. The van der Waals surface area contributed by atoms with Gasteiger partial charge < -0.3 is 22.6 Å². The largest absolute Gasteiger partial charge is 0.503 e. The van der Waals surface area contributed by atoms with Crippen molar-refractivity contribution in [1.29, 1.82) is 0 Å². The molecular weight excluding hydrogens is 354 g/mol. The van der Waals surface area contributed by atoms with E-state index in [9.17, 15) is 4.79 Å². The van der Waals surface area contributed by atoms with Gasteiger partial charge in [0.15, 0.2) is 0 Å². The van der Waals surface area contributed by atoms with Crippen LogP contribution in [-0.4, -0.2) is 62.0 Å². The molecule has 6 nitrogen and oxygen atoms in total. The highest BCUT2D eigenvalue weighted by Gasteiger charge is 2.39. The van der Waals surface area contributed by atoms with Crippen LogP contribution in [0.2, 0.25) is 24.2 Å². The van der Waals surface area contributed by atoms with Crippen LogP contribution in [-0.2, 0) is 17.7 Å². The zero-order chi connectivity index (χ0) is 19.3. The summed E-state index contributed by atoms with van der Waals surface area (Å²) in [6, 6.07) is 3.61. The Morgan fingerprint density at radius 2 is 1.52 bits per heavy atom. The van der Waals surface area contributed by atoms with E-state index in [-0.39, 0.29) is 6.09 Å². The molecule has 0 radical (unpaired) electrons. The summed E-state index contributed by atoms with van der Waals surface area (Å²) < 4.78 is 23.0. The highest BCUT2D eigenvalue weighted by molar-refractivity contribution is 6.74. The van der Waals surface area contributed by atoms with Crippen LogP contribution < -0.4 is 0 Å². The van der Waals surface area contributed by atoms with Gasteiger partial charge in [0.2, 0.25) is 0 Å². The molecule has 0 bridgehead atoms. The quantitative estimate of drug-likeness (QED) is 0.407. The van der Waals surface area contributed by atoms with E-state index >= 15 is 0 Å². The van der Waals surface area contributed by atoms with Crippen LogP contribution in [0.1, 0.15) is 47.5 Å². The fraction of sp³-hybridized carbons (Fsp3) is 0.941. The van der Waals surface area contributed by atoms with Gasteiger partial charge in [-0.15, -0.1) is 0 Å². The summed E-state index contributed by atoms with van der Waals surface area (Å²) in [5.74, 6) is 0. The highest BCUT2D eigenvalue weighted by atomic mass is 28.4. The number of hydrogen-bond acceptors (Lipinski definition) is 5. The Morgan fingerprint density at radius 3 is 1.92 bits per heavy atom. The van der Waals surface area contributed by atoms with Crippen molar-refractivity contribution in [2.24, 2.45) is 0 Å². The van der Waals surface area contributed by atoms with E-state index in [0.29, 0.717) is 25.7 Å². The Morgan fingerprint density at radius 1 is 0.960 bits per heavy atom. The third-order valence-corrected chi connectivity index (χ3v) is 12.3. The lowest BCUT2D eigenvalue weighted by molar-refractivity contribution is 0.0960. The molecule has 8 heteroatoms. The van der Waals surface area contributed by atoms with Crippen molar-refractivity contribution in [1.82, 2.24) is 4.90 Å². The third-order valence-electron chi connectivity index (χ3n) is 4.94. The Hall–Kier alpha value is -0.416. The Balaban J connectivity index is 4.69. The molecule has 25 heavy (non-hydrogen) atoms. The van der Waals surface area contributed by atoms with Crippen LogP contribution in [0.4, 0.5) is 4.79 Å². The molecule has 0 spiro atoms. The average Bonchev–Trinajstić information content (AvgIpc) is 2.66. The molecule has 0 rings (SSSR count). The zero-order valence-electron chi connectivity index (χ0n) is 17.4.